The molecule has 0 aliphatic rings. The van der Waals surface area contributed by atoms with Crippen molar-refractivity contribution in [3.8, 4) is 5.75 Å². The number of amides is 1. The molecule has 4 nitrogen and oxygen atoms in total. The molecular weight excluding hydrogens is 216 g/mol. The van der Waals surface area contributed by atoms with E-state index in [1.807, 2.05) is 44.1 Å². The Morgan fingerprint density at radius 1 is 1.35 bits per heavy atom. The van der Waals surface area contributed by atoms with Crippen molar-refractivity contribution in [2.75, 3.05) is 33.8 Å². The van der Waals surface area contributed by atoms with Gasteiger partial charge in [0.1, 0.15) is 5.75 Å². The van der Waals surface area contributed by atoms with Crippen molar-refractivity contribution in [1.29, 1.82) is 0 Å². The molecule has 1 rings (SSSR count). The van der Waals surface area contributed by atoms with Crippen LogP contribution in [0.15, 0.2) is 24.3 Å². The Morgan fingerprint density at radius 3 is 2.71 bits per heavy atom. The first-order valence-electron chi connectivity index (χ1n) is 5.80. The minimum absolute atomic E-state index is 0.0871. The first kappa shape index (κ1) is 13.5. The molecule has 0 radical (unpaired) electrons. The molecule has 1 amide bonds. The van der Waals surface area contributed by atoms with E-state index in [1.165, 1.54) is 0 Å². The molecule has 0 spiro atoms. The highest BCUT2D eigenvalue weighted by atomic mass is 16.5. The van der Waals surface area contributed by atoms with Crippen LogP contribution in [0.5, 0.6) is 5.75 Å². The maximum absolute atomic E-state index is 11.9. The van der Waals surface area contributed by atoms with Crippen molar-refractivity contribution in [3.63, 3.8) is 0 Å². The number of para-hydroxylation sites is 1. The van der Waals surface area contributed by atoms with E-state index in [1.54, 1.807) is 6.07 Å². The van der Waals surface area contributed by atoms with E-state index in [0.717, 1.165) is 6.54 Å². The van der Waals surface area contributed by atoms with Gasteiger partial charge in [0.15, 0.2) is 0 Å². The minimum Gasteiger partial charge on any atom is -0.493 e. The molecule has 1 aromatic rings. The fourth-order valence-corrected chi connectivity index (χ4v) is 1.42. The summed E-state index contributed by atoms with van der Waals surface area (Å²) < 4.78 is 5.41. The number of nitrogens with zero attached hydrogens (tertiary/aromatic N) is 1. The van der Waals surface area contributed by atoms with Crippen molar-refractivity contribution in [1.82, 2.24) is 10.2 Å². The van der Waals surface area contributed by atoms with E-state index in [9.17, 15) is 4.79 Å². The largest absolute Gasteiger partial charge is 0.493 e. The topological polar surface area (TPSA) is 41.6 Å². The number of nitrogens with one attached hydrogen (secondary N) is 1. The first-order valence-corrected chi connectivity index (χ1v) is 5.80. The van der Waals surface area contributed by atoms with Crippen molar-refractivity contribution in [3.05, 3.63) is 29.8 Å². The Bertz CT molecular complexity index is 364. The van der Waals surface area contributed by atoms with Gasteiger partial charge in [-0.05, 0) is 33.2 Å². The molecule has 0 aromatic heterocycles. The Kier molecular flexibility index (Phi) is 5.49. The predicted octanol–water partition coefficient (Wildman–Crippen LogP) is 1.38. The molecule has 1 N–H and O–H groups in total. The lowest BCUT2D eigenvalue weighted by molar-refractivity contribution is 0.0947. The Morgan fingerprint density at radius 2 is 2.06 bits per heavy atom. The lowest BCUT2D eigenvalue weighted by atomic mass is 10.2. The van der Waals surface area contributed by atoms with Crippen LogP contribution in [-0.2, 0) is 0 Å². The van der Waals surface area contributed by atoms with Gasteiger partial charge in [-0.1, -0.05) is 12.1 Å². The normalized spacial score (nSPS) is 10.4. The van der Waals surface area contributed by atoms with Gasteiger partial charge < -0.3 is 15.0 Å². The quantitative estimate of drug-likeness (QED) is 0.811. The maximum Gasteiger partial charge on any atom is 0.255 e. The molecule has 0 saturated heterocycles. The monoisotopic (exact) mass is 236 g/mol. The molecule has 0 atom stereocenters. The third-order valence-electron chi connectivity index (χ3n) is 2.28. The molecule has 0 aliphatic carbocycles. The molecule has 94 valence electrons. The number of benzene rings is 1. The van der Waals surface area contributed by atoms with Crippen molar-refractivity contribution in [2.24, 2.45) is 0 Å². The zero-order valence-corrected chi connectivity index (χ0v) is 10.7. The highest BCUT2D eigenvalue weighted by Gasteiger charge is 2.10. The highest BCUT2D eigenvalue weighted by Crippen LogP contribution is 2.17. The number of hydrogen-bond donors (Lipinski definition) is 1. The molecule has 17 heavy (non-hydrogen) atoms. The predicted molar refractivity (Wildman–Crippen MR) is 68.5 cm³/mol. The van der Waals surface area contributed by atoms with E-state index in [2.05, 4.69) is 5.32 Å². The minimum atomic E-state index is -0.0871. The molecule has 0 bridgehead atoms. The van der Waals surface area contributed by atoms with E-state index >= 15 is 0 Å². The van der Waals surface area contributed by atoms with Crippen LogP contribution in [-0.4, -0.2) is 44.6 Å². The molecule has 0 aliphatic heterocycles. The highest BCUT2D eigenvalue weighted by molar-refractivity contribution is 5.96. The summed E-state index contributed by atoms with van der Waals surface area (Å²) in [7, 11) is 3.95. The van der Waals surface area contributed by atoms with Gasteiger partial charge in [0, 0.05) is 13.1 Å². The summed E-state index contributed by atoms with van der Waals surface area (Å²) in [6.45, 7) is 3.91. The molecule has 4 heteroatoms. The van der Waals surface area contributed by atoms with Crippen molar-refractivity contribution < 1.29 is 9.53 Å². The van der Waals surface area contributed by atoms with Gasteiger partial charge in [0.2, 0.25) is 0 Å². The Hall–Kier alpha value is -1.55. The number of hydrogen-bond acceptors (Lipinski definition) is 3. The number of carbonyl (C=O) groups is 1. The second kappa shape index (κ2) is 6.91. The first-order chi connectivity index (χ1) is 8.15. The van der Waals surface area contributed by atoms with Gasteiger partial charge in [0.05, 0.1) is 12.2 Å². The third-order valence-corrected chi connectivity index (χ3v) is 2.28. The van der Waals surface area contributed by atoms with Crippen LogP contribution in [0, 0.1) is 0 Å². The van der Waals surface area contributed by atoms with Crippen molar-refractivity contribution in [2.45, 2.75) is 6.92 Å². The van der Waals surface area contributed by atoms with E-state index in [-0.39, 0.29) is 5.91 Å². The van der Waals surface area contributed by atoms with Gasteiger partial charge in [-0.15, -0.1) is 0 Å². The van der Waals surface area contributed by atoms with Crippen LogP contribution in [0.3, 0.4) is 0 Å². The molecule has 0 heterocycles. The summed E-state index contributed by atoms with van der Waals surface area (Å²) in [4.78, 5) is 13.9. The average Bonchev–Trinajstić information content (AvgIpc) is 2.29. The Balaban J connectivity index is 2.61. The third kappa shape index (κ3) is 4.44. The van der Waals surface area contributed by atoms with Gasteiger partial charge in [-0.2, -0.15) is 0 Å². The van der Waals surface area contributed by atoms with E-state index in [4.69, 9.17) is 4.74 Å². The molecular formula is C13H20N2O2. The lowest BCUT2D eigenvalue weighted by Gasteiger charge is -2.12. The van der Waals surface area contributed by atoms with Crippen LogP contribution >= 0.6 is 0 Å². The van der Waals surface area contributed by atoms with Crippen LogP contribution < -0.4 is 10.1 Å². The maximum atomic E-state index is 11.9. The van der Waals surface area contributed by atoms with E-state index < -0.39 is 0 Å². The lowest BCUT2D eigenvalue weighted by Crippen LogP contribution is -2.31. The second-order valence-electron chi connectivity index (χ2n) is 3.99. The van der Waals surface area contributed by atoms with Gasteiger partial charge in [-0.25, -0.2) is 0 Å². The average molecular weight is 236 g/mol. The van der Waals surface area contributed by atoms with Crippen molar-refractivity contribution >= 4 is 5.91 Å². The zero-order valence-electron chi connectivity index (χ0n) is 10.7. The smallest absolute Gasteiger partial charge is 0.255 e. The molecule has 0 unspecified atom stereocenters. The van der Waals surface area contributed by atoms with Crippen LogP contribution in [0.25, 0.3) is 0 Å². The number of rotatable bonds is 6. The number of carbonyl (C=O) groups excluding carboxylic acids is 1. The number of likely N-dealkylation sites (N-methyl/N-ethyl adjacent to an activating group) is 1. The molecule has 0 saturated carbocycles. The summed E-state index contributed by atoms with van der Waals surface area (Å²) in [5.74, 6) is 0.549. The summed E-state index contributed by atoms with van der Waals surface area (Å²) in [6.07, 6.45) is 0. The van der Waals surface area contributed by atoms with Gasteiger partial charge in [0.25, 0.3) is 5.91 Å². The summed E-state index contributed by atoms with van der Waals surface area (Å²) in [6, 6.07) is 7.28. The number of ether oxygens (including phenoxy) is 1. The van der Waals surface area contributed by atoms with Crippen LogP contribution in [0.1, 0.15) is 17.3 Å². The fraction of sp³-hybridized carbons (Fsp3) is 0.462. The zero-order chi connectivity index (χ0) is 12.7. The molecule has 0 fully saturated rings. The SMILES string of the molecule is CCOc1ccccc1C(=O)NCCN(C)C. The van der Waals surface area contributed by atoms with Gasteiger partial charge in [-0.3, -0.25) is 4.79 Å². The summed E-state index contributed by atoms with van der Waals surface area (Å²) in [5, 5.41) is 2.87. The standard InChI is InChI=1S/C13H20N2O2/c1-4-17-12-8-6-5-7-11(12)13(16)14-9-10-15(2)3/h5-8H,4,9-10H2,1-3H3,(H,14,16). The summed E-state index contributed by atoms with van der Waals surface area (Å²) in [5.41, 5.74) is 0.591. The van der Waals surface area contributed by atoms with E-state index in [0.29, 0.717) is 24.5 Å². The fourth-order valence-electron chi connectivity index (χ4n) is 1.42. The molecule has 1 aromatic carbocycles. The summed E-state index contributed by atoms with van der Waals surface area (Å²) >= 11 is 0. The van der Waals surface area contributed by atoms with Crippen LogP contribution in [0.4, 0.5) is 0 Å². The van der Waals surface area contributed by atoms with Gasteiger partial charge >= 0.3 is 0 Å². The Labute approximate surface area is 103 Å². The van der Waals surface area contributed by atoms with Crippen LogP contribution in [0.2, 0.25) is 0 Å². The second-order valence-corrected chi connectivity index (χ2v) is 3.99.